The smallest absolute Gasteiger partial charge is 0.322 e. The van der Waals surface area contributed by atoms with Crippen molar-refractivity contribution in [3.05, 3.63) is 29.8 Å². The maximum Gasteiger partial charge on any atom is 0.322 e. The number of hydrazine groups is 1. The van der Waals surface area contributed by atoms with Crippen molar-refractivity contribution in [1.29, 1.82) is 0 Å². The Hall–Kier alpha value is -2.61. The molecule has 0 saturated heterocycles. The van der Waals surface area contributed by atoms with Gasteiger partial charge in [-0.2, -0.15) is 15.0 Å². The van der Waals surface area contributed by atoms with Gasteiger partial charge in [-0.15, -0.1) is 0 Å². The Kier molecular flexibility index (Phi) is 4.51. The van der Waals surface area contributed by atoms with Gasteiger partial charge in [0.2, 0.25) is 11.9 Å². The van der Waals surface area contributed by atoms with Gasteiger partial charge in [0.1, 0.15) is 5.75 Å². The maximum absolute atomic E-state index is 5.28. The summed E-state index contributed by atoms with van der Waals surface area (Å²) in [6, 6.07) is 7.86. The Morgan fingerprint density at radius 3 is 2.30 bits per heavy atom. The van der Waals surface area contributed by atoms with Gasteiger partial charge in [0.15, 0.2) is 0 Å². The summed E-state index contributed by atoms with van der Waals surface area (Å²) in [5.41, 5.74) is 3.42. The summed E-state index contributed by atoms with van der Waals surface area (Å²) in [5, 5.41) is 3.07. The standard InChI is InChI=1S/C12H16N6O2/c1-19-9-5-3-8(4-6-9)7-14-10-15-11(18-13)17-12(16-10)20-2/h3-6H,7,13H2,1-2H3,(H2,14,15,16,17,18). The zero-order chi connectivity index (χ0) is 14.4. The highest BCUT2D eigenvalue weighted by Crippen LogP contribution is 2.14. The van der Waals surface area contributed by atoms with Crippen molar-refractivity contribution < 1.29 is 9.47 Å². The van der Waals surface area contributed by atoms with E-state index in [4.69, 9.17) is 15.3 Å². The highest BCUT2D eigenvalue weighted by Gasteiger charge is 2.05. The number of anilines is 2. The Morgan fingerprint density at radius 2 is 1.70 bits per heavy atom. The third-order valence-corrected chi connectivity index (χ3v) is 2.54. The SMILES string of the molecule is COc1ccc(CNc2nc(NN)nc(OC)n2)cc1. The average Bonchev–Trinajstić information content (AvgIpc) is 2.53. The van der Waals surface area contributed by atoms with Crippen LogP contribution in [0, 0.1) is 0 Å². The van der Waals surface area contributed by atoms with Gasteiger partial charge in [-0.25, -0.2) is 5.84 Å². The van der Waals surface area contributed by atoms with E-state index in [1.165, 1.54) is 7.11 Å². The molecule has 0 amide bonds. The minimum atomic E-state index is 0.185. The van der Waals surface area contributed by atoms with Crippen molar-refractivity contribution in [3.63, 3.8) is 0 Å². The molecule has 4 N–H and O–H groups in total. The van der Waals surface area contributed by atoms with Crippen LogP contribution < -0.4 is 26.1 Å². The molecule has 8 nitrogen and oxygen atoms in total. The molecule has 0 aliphatic heterocycles. The summed E-state index contributed by atoms with van der Waals surface area (Å²) in [4.78, 5) is 12.1. The van der Waals surface area contributed by atoms with Crippen molar-refractivity contribution in [1.82, 2.24) is 15.0 Å². The molecule has 20 heavy (non-hydrogen) atoms. The number of ether oxygens (including phenoxy) is 2. The van der Waals surface area contributed by atoms with Crippen LogP contribution in [0.15, 0.2) is 24.3 Å². The van der Waals surface area contributed by atoms with Crippen LogP contribution in [0.4, 0.5) is 11.9 Å². The predicted octanol–water partition coefficient (Wildman–Crippen LogP) is 0.786. The molecule has 0 spiro atoms. The second-order valence-electron chi connectivity index (χ2n) is 3.82. The first-order valence-electron chi connectivity index (χ1n) is 5.88. The normalized spacial score (nSPS) is 9.95. The van der Waals surface area contributed by atoms with E-state index in [0.29, 0.717) is 12.5 Å². The number of benzene rings is 1. The first-order valence-corrected chi connectivity index (χ1v) is 5.88. The fourth-order valence-corrected chi connectivity index (χ4v) is 1.52. The molecule has 106 valence electrons. The van der Waals surface area contributed by atoms with E-state index in [-0.39, 0.29) is 12.0 Å². The van der Waals surface area contributed by atoms with Gasteiger partial charge in [0.05, 0.1) is 14.2 Å². The molecule has 8 heteroatoms. The van der Waals surface area contributed by atoms with Crippen molar-refractivity contribution in [2.45, 2.75) is 6.54 Å². The average molecular weight is 276 g/mol. The fraction of sp³-hybridized carbons (Fsp3) is 0.250. The predicted molar refractivity (Wildman–Crippen MR) is 74.5 cm³/mol. The van der Waals surface area contributed by atoms with Crippen molar-refractivity contribution in [2.24, 2.45) is 5.84 Å². The third-order valence-electron chi connectivity index (χ3n) is 2.54. The van der Waals surface area contributed by atoms with Crippen LogP contribution in [-0.2, 0) is 6.54 Å². The van der Waals surface area contributed by atoms with E-state index < -0.39 is 0 Å². The molecule has 1 aromatic carbocycles. The summed E-state index contributed by atoms with van der Waals surface area (Å²) < 4.78 is 10.1. The highest BCUT2D eigenvalue weighted by atomic mass is 16.5. The van der Waals surface area contributed by atoms with Crippen LogP contribution in [-0.4, -0.2) is 29.2 Å². The molecule has 0 radical (unpaired) electrons. The number of nitrogens with two attached hydrogens (primary N) is 1. The largest absolute Gasteiger partial charge is 0.497 e. The number of methoxy groups -OCH3 is 2. The monoisotopic (exact) mass is 276 g/mol. The first kappa shape index (κ1) is 13.8. The maximum atomic E-state index is 5.28. The topological polar surface area (TPSA) is 107 Å². The van der Waals surface area contributed by atoms with Crippen LogP contribution in [0.3, 0.4) is 0 Å². The molecule has 0 aliphatic rings. The number of nitrogens with zero attached hydrogens (tertiary/aromatic N) is 3. The third kappa shape index (κ3) is 3.45. The molecule has 0 fully saturated rings. The molecule has 0 bridgehead atoms. The second-order valence-corrected chi connectivity index (χ2v) is 3.82. The minimum Gasteiger partial charge on any atom is -0.497 e. The summed E-state index contributed by atoms with van der Waals surface area (Å²) >= 11 is 0. The molecular weight excluding hydrogens is 260 g/mol. The van der Waals surface area contributed by atoms with Crippen LogP contribution in [0.1, 0.15) is 5.56 Å². The van der Waals surface area contributed by atoms with Gasteiger partial charge in [0, 0.05) is 6.54 Å². The van der Waals surface area contributed by atoms with E-state index in [1.807, 2.05) is 24.3 Å². The van der Waals surface area contributed by atoms with Crippen molar-refractivity contribution in [3.8, 4) is 11.8 Å². The molecule has 0 saturated carbocycles. The molecule has 0 unspecified atom stereocenters. The molecular formula is C12H16N6O2. The summed E-state index contributed by atoms with van der Waals surface area (Å²) in [7, 11) is 3.11. The Balaban J connectivity index is 2.05. The van der Waals surface area contributed by atoms with E-state index in [1.54, 1.807) is 7.11 Å². The minimum absolute atomic E-state index is 0.185. The van der Waals surface area contributed by atoms with Crippen molar-refractivity contribution in [2.75, 3.05) is 25.0 Å². The molecule has 1 heterocycles. The Morgan fingerprint density at radius 1 is 1.00 bits per heavy atom. The van der Waals surface area contributed by atoms with Crippen LogP contribution >= 0.6 is 0 Å². The molecule has 1 aromatic heterocycles. The molecule has 2 aromatic rings. The second kappa shape index (κ2) is 6.53. The number of aromatic nitrogens is 3. The Labute approximate surface area is 116 Å². The number of hydrogen-bond acceptors (Lipinski definition) is 8. The molecule has 2 rings (SSSR count). The fourth-order valence-electron chi connectivity index (χ4n) is 1.52. The van der Waals surface area contributed by atoms with E-state index in [9.17, 15) is 0 Å². The van der Waals surface area contributed by atoms with Gasteiger partial charge in [-0.05, 0) is 17.7 Å². The summed E-state index contributed by atoms with van der Waals surface area (Å²) in [5.74, 6) is 6.70. The van der Waals surface area contributed by atoms with E-state index in [0.717, 1.165) is 11.3 Å². The van der Waals surface area contributed by atoms with Gasteiger partial charge >= 0.3 is 6.01 Å². The van der Waals surface area contributed by atoms with Crippen molar-refractivity contribution >= 4 is 11.9 Å². The van der Waals surface area contributed by atoms with E-state index in [2.05, 4.69) is 25.7 Å². The lowest BCUT2D eigenvalue weighted by Gasteiger charge is -2.08. The quantitative estimate of drug-likeness (QED) is 0.525. The zero-order valence-electron chi connectivity index (χ0n) is 11.3. The van der Waals surface area contributed by atoms with Gasteiger partial charge in [-0.3, -0.25) is 5.43 Å². The first-order chi connectivity index (χ1) is 9.75. The highest BCUT2D eigenvalue weighted by molar-refractivity contribution is 5.36. The zero-order valence-corrected chi connectivity index (χ0v) is 11.3. The van der Waals surface area contributed by atoms with Crippen LogP contribution in [0.2, 0.25) is 0 Å². The number of hydrogen-bond donors (Lipinski definition) is 3. The number of rotatable bonds is 6. The Bertz CT molecular complexity index is 538. The van der Waals surface area contributed by atoms with Gasteiger partial charge in [-0.1, -0.05) is 12.1 Å². The van der Waals surface area contributed by atoms with E-state index >= 15 is 0 Å². The molecule has 0 atom stereocenters. The molecule has 0 aliphatic carbocycles. The van der Waals surface area contributed by atoms with Gasteiger partial charge in [0.25, 0.3) is 0 Å². The summed E-state index contributed by atoms with van der Waals surface area (Å²) in [6.45, 7) is 0.557. The number of nitrogen functional groups attached to an aromatic ring is 1. The van der Waals surface area contributed by atoms with Crippen LogP contribution in [0.5, 0.6) is 11.8 Å². The lowest BCUT2D eigenvalue weighted by molar-refractivity contribution is 0.379. The summed E-state index contributed by atoms with van der Waals surface area (Å²) in [6.07, 6.45) is 0. The van der Waals surface area contributed by atoms with Gasteiger partial charge < -0.3 is 14.8 Å². The van der Waals surface area contributed by atoms with Crippen LogP contribution in [0.25, 0.3) is 0 Å². The number of nitrogens with one attached hydrogen (secondary N) is 2. The lowest BCUT2D eigenvalue weighted by Crippen LogP contribution is -2.14. The lowest BCUT2D eigenvalue weighted by atomic mass is 10.2.